The van der Waals surface area contributed by atoms with E-state index in [1.165, 1.54) is 131 Å². The molecule has 0 fully saturated rings. The van der Waals surface area contributed by atoms with E-state index in [4.69, 9.17) is 0 Å². The van der Waals surface area contributed by atoms with Gasteiger partial charge < -0.3 is 27.4 Å². The van der Waals surface area contributed by atoms with Gasteiger partial charge in [0.05, 0.1) is 82.4 Å². The third-order valence-corrected chi connectivity index (χ3v) is 32.3. The fraction of sp³-hybridized carbons (Fsp3) is 0.0222. The highest BCUT2D eigenvalue weighted by molar-refractivity contribution is 6.17. The number of fused-ring (bicyclic) bond motifs is 30. The van der Waals surface area contributed by atoms with E-state index < -0.39 is 16.2 Å². The van der Waals surface area contributed by atoms with Crippen LogP contribution in [0.3, 0.4) is 0 Å². The van der Waals surface area contributed by atoms with Crippen LogP contribution in [0.15, 0.2) is 510 Å². The molecule has 3 aliphatic rings. The van der Waals surface area contributed by atoms with Gasteiger partial charge in [-0.15, -0.1) is 0 Å². The Balaban J connectivity index is 0.770. The summed E-state index contributed by atoms with van der Waals surface area (Å²) in [6, 6.07) is 196. The number of benzene rings is 22. The number of hydrogen-bond donors (Lipinski definition) is 0. The highest BCUT2D eigenvalue weighted by atomic mass is 15.0. The van der Waals surface area contributed by atoms with Crippen LogP contribution in [0.1, 0.15) is 66.8 Å². The molecule has 0 amide bonds. The average Bonchev–Trinajstić information content (AvgIpc) is 1.46. The maximum atomic E-state index is 2.52. The molecule has 6 nitrogen and oxygen atoms in total. The fourth-order valence-corrected chi connectivity index (χ4v) is 26.8. The number of para-hydroxylation sites is 12. The average molecular weight is 1790 g/mol. The van der Waals surface area contributed by atoms with Crippen molar-refractivity contribution in [1.29, 1.82) is 0 Å². The summed E-state index contributed by atoms with van der Waals surface area (Å²) in [6.07, 6.45) is 0. The van der Waals surface area contributed by atoms with Gasteiger partial charge in [-0.2, -0.15) is 0 Å². The monoisotopic (exact) mass is 1790 g/mol. The maximum absolute atomic E-state index is 2.52. The summed E-state index contributed by atoms with van der Waals surface area (Å²) in [4.78, 5) is 0. The topological polar surface area (TPSA) is 29.6 Å². The number of nitrogens with zero attached hydrogens (tertiary/aromatic N) is 6. The molecule has 0 spiro atoms. The number of aromatic nitrogens is 6. The highest BCUT2D eigenvalue weighted by Crippen LogP contribution is 2.73. The normalized spacial score (nSPS) is 13.7. The SMILES string of the molecule is c1ccc2c(c1)-c1c(c3c(c4c1C(c1ccc(-n5c6ccccc6c6ccccc65)cc1)(c1ccc(-n5c6ccccc6c6ccccc65)cc1)c1ccccc1-4)C(c1ccc(-n4c5ccccc5c5ccccc54)cc1)(c1ccc(-n4c5ccccc5c5ccccc54)cc1)c1ccccc1-3)C2(c1ccc(-n2c3ccccc3c3ccccc32)cc1)c1ccc(-n2c3ccccc3c3ccccc32)cc1. The molecule has 0 bridgehead atoms. The smallest absolute Gasteiger partial charge is 0.0719 e. The molecule has 31 rings (SSSR count). The van der Waals surface area contributed by atoms with E-state index in [2.05, 4.69) is 537 Å². The second-order valence-electron chi connectivity index (χ2n) is 38.6. The molecule has 6 heterocycles. The first-order valence-electron chi connectivity index (χ1n) is 49.1. The minimum atomic E-state index is -1.10. The summed E-state index contributed by atoms with van der Waals surface area (Å²) < 4.78 is 14.9. The van der Waals surface area contributed by atoms with Crippen molar-refractivity contribution in [3.05, 3.63) is 576 Å². The van der Waals surface area contributed by atoms with Crippen molar-refractivity contribution in [3.8, 4) is 67.5 Å². The predicted octanol–water partition coefficient (Wildman–Crippen LogP) is 33.4. The van der Waals surface area contributed by atoms with Gasteiger partial charge in [0.15, 0.2) is 0 Å². The molecule has 22 aromatic carbocycles. The second kappa shape index (κ2) is 29.3. The summed E-state index contributed by atoms with van der Waals surface area (Å²) in [7, 11) is 0. The third-order valence-electron chi connectivity index (χ3n) is 32.3. The van der Waals surface area contributed by atoms with Gasteiger partial charge in [0, 0.05) is 98.8 Å². The van der Waals surface area contributed by atoms with Crippen molar-refractivity contribution in [2.24, 2.45) is 0 Å². The Morgan fingerprint density at radius 2 is 0.234 bits per heavy atom. The van der Waals surface area contributed by atoms with Crippen LogP contribution in [0.4, 0.5) is 0 Å². The quantitative estimate of drug-likeness (QED) is 0.117. The van der Waals surface area contributed by atoms with Gasteiger partial charge in [-0.05, 0) is 246 Å². The molecule has 28 aromatic rings. The van der Waals surface area contributed by atoms with Crippen LogP contribution < -0.4 is 0 Å². The zero-order valence-electron chi connectivity index (χ0n) is 76.7. The standard InChI is InChI=1S/C135H84N6/c1-16-46-112-109(43-1)127-130(133(112,85-61-73-91(74-62-85)136-115-49-19-4-31-97(115)98-32-5-20-50-116(98)136)86-63-75-92(76-64-86)137-117-51-21-6-33-99(117)100-34-7-22-52-118(100)137)128-111-45-3-18-48-114(111)135(89-69-81-95(82-70-89)140-123-57-27-12-39-105(123)106-40-13-28-58-124(106)140,90-71-83-96(84-72-90)141-125-59-29-14-41-107(125)108-42-15-30-60-126(108)141)132(128)129-110-44-2-17-47-113(110)134(131(127)129,87-65-77-93(78-66-87)138-119-53-23-8-35-101(119)102-36-9-24-54-120(102)138)88-67-79-94(80-68-88)139-121-55-25-10-37-103(121)104-38-11-26-56-122(104)139/h1-84H. The molecule has 0 radical (unpaired) electrons. The molecule has 0 N–H and O–H groups in total. The van der Waals surface area contributed by atoms with Gasteiger partial charge in [-0.1, -0.05) is 364 Å². The summed E-state index contributed by atoms with van der Waals surface area (Å²) in [5.74, 6) is 0. The molecule has 6 heteroatoms. The molecular formula is C135H84N6. The first kappa shape index (κ1) is 77.9. The third kappa shape index (κ3) is 10.3. The van der Waals surface area contributed by atoms with Crippen molar-refractivity contribution in [2.75, 3.05) is 0 Å². The minimum absolute atomic E-state index is 1.08. The van der Waals surface area contributed by atoms with Crippen molar-refractivity contribution < 1.29 is 0 Å². The van der Waals surface area contributed by atoms with E-state index in [0.717, 1.165) is 134 Å². The molecule has 6 aromatic heterocycles. The van der Waals surface area contributed by atoms with Gasteiger partial charge in [-0.25, -0.2) is 0 Å². The van der Waals surface area contributed by atoms with Crippen LogP contribution in [0, 0.1) is 0 Å². The second-order valence-corrected chi connectivity index (χ2v) is 38.6. The molecule has 141 heavy (non-hydrogen) atoms. The zero-order valence-corrected chi connectivity index (χ0v) is 76.7. The molecule has 0 unspecified atom stereocenters. The molecule has 3 aliphatic carbocycles. The Hall–Kier alpha value is -18.4. The Morgan fingerprint density at radius 3 is 0.376 bits per heavy atom. The largest absolute Gasteiger partial charge is 0.309 e. The molecule has 0 saturated carbocycles. The van der Waals surface area contributed by atoms with Crippen LogP contribution >= 0.6 is 0 Å². The predicted molar refractivity (Wildman–Crippen MR) is 584 cm³/mol. The fourth-order valence-electron chi connectivity index (χ4n) is 26.8. The lowest BCUT2D eigenvalue weighted by molar-refractivity contribution is 0.740. The van der Waals surface area contributed by atoms with Crippen LogP contribution in [0.25, 0.3) is 198 Å². The Kier molecular flexibility index (Phi) is 16.2. The van der Waals surface area contributed by atoms with Gasteiger partial charge in [0.2, 0.25) is 0 Å². The Morgan fingerprint density at radius 1 is 0.113 bits per heavy atom. The molecule has 0 aliphatic heterocycles. The van der Waals surface area contributed by atoms with E-state index >= 15 is 0 Å². The lowest BCUT2D eigenvalue weighted by Crippen LogP contribution is -2.33. The minimum Gasteiger partial charge on any atom is -0.309 e. The lowest BCUT2D eigenvalue weighted by Gasteiger charge is -2.40. The van der Waals surface area contributed by atoms with E-state index in [-0.39, 0.29) is 0 Å². The molecule has 654 valence electrons. The van der Waals surface area contributed by atoms with E-state index in [1.807, 2.05) is 0 Å². The first-order chi connectivity index (χ1) is 70.0. The van der Waals surface area contributed by atoms with Gasteiger partial charge >= 0.3 is 0 Å². The summed E-state index contributed by atoms with van der Waals surface area (Å²) >= 11 is 0. The summed E-state index contributed by atoms with van der Waals surface area (Å²) in [6.45, 7) is 0. The number of rotatable bonds is 12. The van der Waals surface area contributed by atoms with Crippen molar-refractivity contribution in [2.45, 2.75) is 16.2 Å². The van der Waals surface area contributed by atoms with Gasteiger partial charge in [0.1, 0.15) is 0 Å². The van der Waals surface area contributed by atoms with Crippen molar-refractivity contribution in [1.82, 2.24) is 27.4 Å². The first-order valence-corrected chi connectivity index (χ1v) is 49.1. The van der Waals surface area contributed by atoms with Gasteiger partial charge in [-0.3, -0.25) is 0 Å². The van der Waals surface area contributed by atoms with E-state index in [9.17, 15) is 0 Å². The van der Waals surface area contributed by atoms with Crippen molar-refractivity contribution >= 4 is 131 Å². The van der Waals surface area contributed by atoms with Crippen LogP contribution in [0.5, 0.6) is 0 Å². The van der Waals surface area contributed by atoms with E-state index in [0.29, 0.717) is 0 Å². The molecule has 0 atom stereocenters. The number of hydrogen-bond acceptors (Lipinski definition) is 0. The highest BCUT2D eigenvalue weighted by Gasteiger charge is 2.61. The molecule has 0 saturated heterocycles. The Labute approximate surface area is 812 Å². The maximum Gasteiger partial charge on any atom is 0.0719 e. The molecular weight excluding hydrogens is 1710 g/mol. The van der Waals surface area contributed by atoms with Crippen LogP contribution in [-0.2, 0) is 16.2 Å². The summed E-state index contributed by atoms with van der Waals surface area (Å²) in [5, 5.41) is 14.6. The van der Waals surface area contributed by atoms with Crippen LogP contribution in [0.2, 0.25) is 0 Å². The van der Waals surface area contributed by atoms with Crippen molar-refractivity contribution in [3.63, 3.8) is 0 Å². The van der Waals surface area contributed by atoms with E-state index in [1.54, 1.807) is 0 Å². The lowest BCUT2D eigenvalue weighted by atomic mass is 9.61. The Bertz CT molecular complexity index is 8440. The zero-order chi connectivity index (χ0) is 92.1. The summed E-state index contributed by atoms with van der Waals surface area (Å²) in [5.41, 5.74) is 38.6. The van der Waals surface area contributed by atoms with Crippen LogP contribution in [-0.4, -0.2) is 27.4 Å². The van der Waals surface area contributed by atoms with Gasteiger partial charge in [0.25, 0.3) is 0 Å².